The number of hydrogen-bond donors (Lipinski definition) is 1. The molecule has 0 radical (unpaired) electrons. The van der Waals surface area contributed by atoms with Crippen LogP contribution in [0.5, 0.6) is 5.75 Å². The van der Waals surface area contributed by atoms with Crippen molar-refractivity contribution < 1.29 is 19.0 Å². The fourth-order valence-corrected chi connectivity index (χ4v) is 1.67. The molecule has 0 atom stereocenters. The summed E-state index contributed by atoms with van der Waals surface area (Å²) in [5.41, 5.74) is -0.0889. The Morgan fingerprint density at radius 1 is 1.50 bits per heavy atom. The molecular weight excluding hydrogens is 261 g/mol. The number of hydrogen-bond acceptors (Lipinski definition) is 3. The van der Waals surface area contributed by atoms with Gasteiger partial charge in [-0.15, -0.1) is 11.6 Å². The molecule has 1 aromatic carbocycles. The molecule has 6 heteroatoms. The molecule has 0 bridgehead atoms. The molecule has 0 saturated carbocycles. The number of halogens is 2. The molecule has 100 valence electrons. The predicted octanol–water partition coefficient (Wildman–Crippen LogP) is 1.86. The SMILES string of the molecule is COCCN(CCCl)C(=O)c1ccc(O)cc1F. The van der Waals surface area contributed by atoms with Gasteiger partial charge in [0.1, 0.15) is 11.6 Å². The summed E-state index contributed by atoms with van der Waals surface area (Å²) >= 11 is 5.60. The summed E-state index contributed by atoms with van der Waals surface area (Å²) in [6.45, 7) is 0.995. The van der Waals surface area contributed by atoms with Crippen LogP contribution in [0.3, 0.4) is 0 Å². The number of rotatable bonds is 6. The standard InChI is InChI=1S/C12H15ClFNO3/c1-18-7-6-15(5-4-13)12(17)10-3-2-9(16)8-11(10)14/h2-3,8,16H,4-7H2,1H3. The van der Waals surface area contributed by atoms with Crippen LogP contribution in [0.2, 0.25) is 0 Å². The minimum Gasteiger partial charge on any atom is -0.508 e. The number of carbonyl (C=O) groups excluding carboxylic acids is 1. The molecule has 1 aromatic rings. The van der Waals surface area contributed by atoms with E-state index in [-0.39, 0.29) is 17.2 Å². The van der Waals surface area contributed by atoms with E-state index in [9.17, 15) is 9.18 Å². The molecule has 0 aliphatic rings. The van der Waals surface area contributed by atoms with Gasteiger partial charge in [0.15, 0.2) is 0 Å². The molecular formula is C12H15ClFNO3. The van der Waals surface area contributed by atoms with Gasteiger partial charge < -0.3 is 14.7 Å². The van der Waals surface area contributed by atoms with Crippen LogP contribution in [-0.2, 0) is 4.74 Å². The van der Waals surface area contributed by atoms with E-state index in [2.05, 4.69) is 0 Å². The second-order valence-electron chi connectivity index (χ2n) is 3.64. The summed E-state index contributed by atoms with van der Waals surface area (Å²) in [6, 6.07) is 3.43. The topological polar surface area (TPSA) is 49.8 Å². The van der Waals surface area contributed by atoms with Crippen molar-refractivity contribution in [3.8, 4) is 5.75 Å². The lowest BCUT2D eigenvalue weighted by molar-refractivity contribution is 0.0703. The quantitative estimate of drug-likeness (QED) is 0.806. The predicted molar refractivity (Wildman–Crippen MR) is 66.6 cm³/mol. The van der Waals surface area contributed by atoms with E-state index in [0.29, 0.717) is 19.7 Å². The van der Waals surface area contributed by atoms with Gasteiger partial charge in [-0.3, -0.25) is 4.79 Å². The number of phenols is 1. The summed E-state index contributed by atoms with van der Waals surface area (Å²) in [4.78, 5) is 13.5. The van der Waals surface area contributed by atoms with Crippen molar-refractivity contribution in [2.24, 2.45) is 0 Å². The summed E-state index contributed by atoms with van der Waals surface area (Å²) in [6.07, 6.45) is 0. The molecule has 0 heterocycles. The van der Waals surface area contributed by atoms with Crippen LogP contribution < -0.4 is 0 Å². The molecule has 0 spiro atoms. The lowest BCUT2D eigenvalue weighted by Crippen LogP contribution is -2.36. The summed E-state index contributed by atoms with van der Waals surface area (Å²) in [5, 5.41) is 9.10. The van der Waals surface area contributed by atoms with E-state index >= 15 is 0 Å². The molecule has 0 fully saturated rings. The Kier molecular flexibility index (Phi) is 5.88. The van der Waals surface area contributed by atoms with E-state index in [1.807, 2.05) is 0 Å². The van der Waals surface area contributed by atoms with Crippen molar-refractivity contribution in [1.29, 1.82) is 0 Å². The van der Waals surface area contributed by atoms with Crippen LogP contribution in [0.4, 0.5) is 4.39 Å². The Balaban J connectivity index is 2.87. The maximum Gasteiger partial charge on any atom is 0.256 e. The highest BCUT2D eigenvalue weighted by Crippen LogP contribution is 2.16. The zero-order valence-electron chi connectivity index (χ0n) is 10.0. The Labute approximate surface area is 110 Å². The zero-order chi connectivity index (χ0) is 13.5. The third-order valence-electron chi connectivity index (χ3n) is 2.39. The number of aromatic hydroxyl groups is 1. The largest absolute Gasteiger partial charge is 0.508 e. The van der Waals surface area contributed by atoms with Gasteiger partial charge in [-0.2, -0.15) is 0 Å². The maximum atomic E-state index is 13.6. The van der Waals surface area contributed by atoms with Crippen molar-refractivity contribution in [3.63, 3.8) is 0 Å². The van der Waals surface area contributed by atoms with E-state index < -0.39 is 11.7 Å². The normalized spacial score (nSPS) is 10.4. The molecule has 0 saturated heterocycles. The van der Waals surface area contributed by atoms with Crippen molar-refractivity contribution in [2.45, 2.75) is 0 Å². The summed E-state index contributed by atoms with van der Waals surface area (Å²) in [5.74, 6) is -1.18. The lowest BCUT2D eigenvalue weighted by atomic mass is 10.1. The Morgan fingerprint density at radius 3 is 2.78 bits per heavy atom. The average Bonchev–Trinajstić information content (AvgIpc) is 2.33. The Bertz CT molecular complexity index is 414. The second kappa shape index (κ2) is 7.18. The number of ether oxygens (including phenoxy) is 1. The van der Waals surface area contributed by atoms with Crippen molar-refractivity contribution >= 4 is 17.5 Å². The zero-order valence-corrected chi connectivity index (χ0v) is 10.8. The van der Waals surface area contributed by atoms with Gasteiger partial charge >= 0.3 is 0 Å². The molecule has 1 rings (SSSR count). The first-order chi connectivity index (χ1) is 8.60. The van der Waals surface area contributed by atoms with Gasteiger partial charge in [-0.05, 0) is 12.1 Å². The van der Waals surface area contributed by atoms with Gasteiger partial charge in [-0.25, -0.2) is 4.39 Å². The number of methoxy groups -OCH3 is 1. The van der Waals surface area contributed by atoms with Gasteiger partial charge in [0.2, 0.25) is 0 Å². The van der Waals surface area contributed by atoms with Crippen molar-refractivity contribution in [3.05, 3.63) is 29.6 Å². The Morgan fingerprint density at radius 2 is 2.22 bits per heavy atom. The number of phenolic OH excluding ortho intramolecular Hbond substituents is 1. The average molecular weight is 276 g/mol. The van der Waals surface area contributed by atoms with Crippen LogP contribution in [0.15, 0.2) is 18.2 Å². The smallest absolute Gasteiger partial charge is 0.256 e. The van der Waals surface area contributed by atoms with Crippen LogP contribution >= 0.6 is 11.6 Å². The fraction of sp³-hybridized carbons (Fsp3) is 0.417. The van der Waals surface area contributed by atoms with E-state index in [1.54, 1.807) is 0 Å². The van der Waals surface area contributed by atoms with Gasteiger partial charge in [0.05, 0.1) is 12.2 Å². The maximum absolute atomic E-state index is 13.6. The first-order valence-electron chi connectivity index (χ1n) is 5.42. The van der Waals surface area contributed by atoms with E-state index in [0.717, 1.165) is 6.07 Å². The molecule has 0 aliphatic heterocycles. The summed E-state index contributed by atoms with van der Waals surface area (Å²) < 4.78 is 18.4. The minimum absolute atomic E-state index is 0.0889. The fourth-order valence-electron chi connectivity index (χ4n) is 1.47. The van der Waals surface area contributed by atoms with Crippen LogP contribution in [0.25, 0.3) is 0 Å². The minimum atomic E-state index is -0.753. The number of amides is 1. The lowest BCUT2D eigenvalue weighted by Gasteiger charge is -2.21. The van der Waals surface area contributed by atoms with Crippen LogP contribution in [0.1, 0.15) is 10.4 Å². The number of carbonyl (C=O) groups is 1. The monoisotopic (exact) mass is 275 g/mol. The number of alkyl halides is 1. The highest BCUT2D eigenvalue weighted by molar-refractivity contribution is 6.18. The first kappa shape index (κ1) is 14.7. The third-order valence-corrected chi connectivity index (χ3v) is 2.56. The molecule has 0 aliphatic carbocycles. The first-order valence-corrected chi connectivity index (χ1v) is 5.96. The van der Waals surface area contributed by atoms with Crippen LogP contribution in [-0.4, -0.2) is 48.6 Å². The molecule has 1 N–H and O–H groups in total. The number of nitrogens with zero attached hydrogens (tertiary/aromatic N) is 1. The molecule has 0 aromatic heterocycles. The highest BCUT2D eigenvalue weighted by atomic mass is 35.5. The molecule has 1 amide bonds. The van der Waals surface area contributed by atoms with E-state index in [4.69, 9.17) is 21.4 Å². The third kappa shape index (κ3) is 3.85. The van der Waals surface area contributed by atoms with Crippen LogP contribution in [0, 0.1) is 5.82 Å². The Hall–Kier alpha value is -1.33. The molecule has 18 heavy (non-hydrogen) atoms. The van der Waals surface area contributed by atoms with Crippen molar-refractivity contribution in [1.82, 2.24) is 4.90 Å². The second-order valence-corrected chi connectivity index (χ2v) is 4.02. The molecule has 0 unspecified atom stereocenters. The van der Waals surface area contributed by atoms with Crippen molar-refractivity contribution in [2.75, 3.05) is 32.7 Å². The van der Waals surface area contributed by atoms with Gasteiger partial charge in [0.25, 0.3) is 5.91 Å². The number of benzene rings is 1. The summed E-state index contributed by atoms with van der Waals surface area (Å²) in [7, 11) is 1.52. The van der Waals surface area contributed by atoms with Gasteiger partial charge in [-0.1, -0.05) is 0 Å². The highest BCUT2D eigenvalue weighted by Gasteiger charge is 2.18. The van der Waals surface area contributed by atoms with E-state index in [1.165, 1.54) is 24.1 Å². The van der Waals surface area contributed by atoms with Gasteiger partial charge in [0, 0.05) is 32.1 Å². The molecule has 4 nitrogen and oxygen atoms in total.